The summed E-state index contributed by atoms with van der Waals surface area (Å²) < 4.78 is 10.7. The van der Waals surface area contributed by atoms with Crippen LogP contribution >= 0.6 is 0 Å². The molecule has 0 unspecified atom stereocenters. The van der Waals surface area contributed by atoms with Crippen LogP contribution in [0.2, 0.25) is 0 Å². The zero-order valence-corrected chi connectivity index (χ0v) is 19.6. The molecule has 0 heterocycles. The molecule has 0 fully saturated rings. The summed E-state index contributed by atoms with van der Waals surface area (Å²) in [5.74, 6) is -0.992. The molecule has 0 saturated carbocycles. The van der Waals surface area contributed by atoms with Crippen molar-refractivity contribution in [2.75, 3.05) is 0 Å². The number of benzene rings is 2. The fourth-order valence-corrected chi connectivity index (χ4v) is 3.61. The monoisotopic (exact) mass is 436 g/mol. The van der Waals surface area contributed by atoms with Crippen LogP contribution in [0.1, 0.15) is 76.0 Å². The highest BCUT2D eigenvalue weighted by atomic mass is 16.7. The molecule has 172 valence electrons. The van der Waals surface area contributed by atoms with Gasteiger partial charge in [0.15, 0.2) is 0 Å². The lowest BCUT2D eigenvalue weighted by molar-refractivity contribution is -0.178. The van der Waals surface area contributed by atoms with Gasteiger partial charge in [-0.25, -0.2) is 0 Å². The summed E-state index contributed by atoms with van der Waals surface area (Å²) in [6.45, 7) is 4.86. The topological polar surface area (TPSA) is 52.6 Å². The minimum absolute atomic E-state index is 0.496. The smallest absolute Gasteiger partial charge is 0.305 e. The Morgan fingerprint density at radius 1 is 0.781 bits per heavy atom. The number of ether oxygens (including phenoxy) is 2. The van der Waals surface area contributed by atoms with Crippen molar-refractivity contribution in [2.45, 2.75) is 78.4 Å². The Hall–Kier alpha value is -2.88. The summed E-state index contributed by atoms with van der Waals surface area (Å²) in [6, 6.07) is 18.3. The fourth-order valence-electron chi connectivity index (χ4n) is 3.61. The van der Waals surface area contributed by atoms with E-state index < -0.39 is 18.2 Å². The molecule has 0 atom stereocenters. The molecule has 0 aliphatic carbocycles. The lowest BCUT2D eigenvalue weighted by atomic mass is 10.00. The molecule has 0 aliphatic heterocycles. The first-order chi connectivity index (χ1) is 15.5. The molecule has 0 aromatic heterocycles. The van der Waals surface area contributed by atoms with Crippen LogP contribution in [0.15, 0.2) is 60.2 Å². The number of rotatable bonds is 13. The number of hydrogen-bond donors (Lipinski definition) is 0. The Morgan fingerprint density at radius 2 is 1.38 bits per heavy atom. The van der Waals surface area contributed by atoms with Crippen molar-refractivity contribution in [3.63, 3.8) is 0 Å². The molecule has 0 amide bonds. The van der Waals surface area contributed by atoms with Crippen LogP contribution in [-0.4, -0.2) is 18.2 Å². The number of esters is 2. The quantitative estimate of drug-likeness (QED) is 0.200. The molecule has 0 bridgehead atoms. The van der Waals surface area contributed by atoms with Gasteiger partial charge in [0.05, 0.1) is 0 Å². The van der Waals surface area contributed by atoms with Crippen molar-refractivity contribution in [2.24, 2.45) is 0 Å². The first-order valence-corrected chi connectivity index (χ1v) is 11.7. The van der Waals surface area contributed by atoms with Crippen molar-refractivity contribution < 1.29 is 19.1 Å². The van der Waals surface area contributed by atoms with Gasteiger partial charge in [0.25, 0.3) is 6.29 Å². The van der Waals surface area contributed by atoms with Crippen LogP contribution in [0.5, 0.6) is 0 Å². The van der Waals surface area contributed by atoms with Gasteiger partial charge in [-0.2, -0.15) is 0 Å². The Balaban J connectivity index is 2.13. The largest absolute Gasteiger partial charge is 0.421 e. The van der Waals surface area contributed by atoms with E-state index in [1.54, 1.807) is 0 Å². The second-order valence-corrected chi connectivity index (χ2v) is 8.19. The van der Waals surface area contributed by atoms with Crippen LogP contribution in [-0.2, 0) is 31.9 Å². The summed E-state index contributed by atoms with van der Waals surface area (Å²) in [6.07, 6.45) is 10.2. The SMILES string of the molecule is CCCCCCCCc1ccc(C=C(Cc2ccccc2)C(OC(C)=O)OC(C)=O)cc1. The second-order valence-electron chi connectivity index (χ2n) is 8.19. The number of hydrogen-bond acceptors (Lipinski definition) is 4. The summed E-state index contributed by atoms with van der Waals surface area (Å²) in [5, 5.41) is 0. The second kappa shape index (κ2) is 14.2. The average molecular weight is 437 g/mol. The molecule has 0 radical (unpaired) electrons. The predicted molar refractivity (Wildman–Crippen MR) is 129 cm³/mol. The van der Waals surface area contributed by atoms with E-state index in [9.17, 15) is 9.59 Å². The Morgan fingerprint density at radius 3 is 1.97 bits per heavy atom. The molecule has 2 aromatic carbocycles. The van der Waals surface area contributed by atoms with Gasteiger partial charge in [-0.05, 0) is 35.6 Å². The lowest BCUT2D eigenvalue weighted by Gasteiger charge is -2.20. The third-order valence-corrected chi connectivity index (χ3v) is 5.25. The molecule has 0 N–H and O–H groups in total. The van der Waals surface area contributed by atoms with E-state index in [0.29, 0.717) is 12.0 Å². The maximum atomic E-state index is 11.6. The van der Waals surface area contributed by atoms with Crippen molar-refractivity contribution >= 4 is 18.0 Å². The van der Waals surface area contributed by atoms with E-state index in [4.69, 9.17) is 9.47 Å². The van der Waals surface area contributed by atoms with Gasteiger partial charge in [0.1, 0.15) is 0 Å². The highest BCUT2D eigenvalue weighted by Gasteiger charge is 2.21. The number of carbonyl (C=O) groups is 2. The fraction of sp³-hybridized carbons (Fsp3) is 0.429. The molecular weight excluding hydrogens is 400 g/mol. The lowest BCUT2D eigenvalue weighted by Crippen LogP contribution is -2.25. The van der Waals surface area contributed by atoms with Gasteiger partial charge < -0.3 is 9.47 Å². The van der Waals surface area contributed by atoms with Crippen molar-refractivity contribution in [1.29, 1.82) is 0 Å². The van der Waals surface area contributed by atoms with E-state index in [1.165, 1.54) is 57.9 Å². The van der Waals surface area contributed by atoms with E-state index >= 15 is 0 Å². The molecule has 4 heteroatoms. The highest BCUT2D eigenvalue weighted by Crippen LogP contribution is 2.21. The van der Waals surface area contributed by atoms with Crippen LogP contribution in [0, 0.1) is 0 Å². The number of aryl methyl sites for hydroxylation is 1. The number of carbonyl (C=O) groups excluding carboxylic acids is 2. The van der Waals surface area contributed by atoms with Gasteiger partial charge in [-0.1, -0.05) is 93.6 Å². The minimum atomic E-state index is -1.05. The summed E-state index contributed by atoms with van der Waals surface area (Å²) >= 11 is 0. The molecule has 2 rings (SSSR count). The Labute approximate surface area is 192 Å². The van der Waals surface area contributed by atoms with E-state index in [0.717, 1.165) is 17.5 Å². The Bertz CT molecular complexity index is 837. The van der Waals surface area contributed by atoms with Crippen LogP contribution < -0.4 is 0 Å². The average Bonchev–Trinajstić information content (AvgIpc) is 2.76. The molecule has 0 spiro atoms. The Kier molecular flexibility index (Phi) is 11.3. The van der Waals surface area contributed by atoms with Gasteiger partial charge in [0.2, 0.25) is 0 Å². The van der Waals surface area contributed by atoms with Gasteiger partial charge in [-0.15, -0.1) is 0 Å². The van der Waals surface area contributed by atoms with E-state index in [1.807, 2.05) is 36.4 Å². The first-order valence-electron chi connectivity index (χ1n) is 11.7. The molecule has 2 aromatic rings. The maximum absolute atomic E-state index is 11.6. The summed E-state index contributed by atoms with van der Waals surface area (Å²) in [4.78, 5) is 23.3. The highest BCUT2D eigenvalue weighted by molar-refractivity contribution is 5.69. The van der Waals surface area contributed by atoms with Crippen LogP contribution in [0.4, 0.5) is 0 Å². The first kappa shape index (κ1) is 25.4. The van der Waals surface area contributed by atoms with Crippen LogP contribution in [0.3, 0.4) is 0 Å². The van der Waals surface area contributed by atoms with Gasteiger partial charge in [0, 0.05) is 25.8 Å². The van der Waals surface area contributed by atoms with E-state index in [-0.39, 0.29) is 0 Å². The normalized spacial score (nSPS) is 11.4. The molecule has 32 heavy (non-hydrogen) atoms. The standard InChI is InChI=1S/C28H36O4/c1-4-5-6-7-8-10-13-24-16-18-26(19-17-24)21-27(20-25-14-11-9-12-15-25)28(31-22(2)29)32-23(3)30/h9,11-12,14-19,21,28H,4-8,10,13,20H2,1-3H3. The summed E-state index contributed by atoms with van der Waals surface area (Å²) in [5.41, 5.74) is 4.05. The molecule has 0 saturated heterocycles. The third kappa shape index (κ3) is 9.95. The van der Waals surface area contributed by atoms with E-state index in [2.05, 4.69) is 31.2 Å². The van der Waals surface area contributed by atoms with Gasteiger partial charge >= 0.3 is 11.9 Å². The third-order valence-electron chi connectivity index (χ3n) is 5.25. The van der Waals surface area contributed by atoms with Crippen molar-refractivity contribution in [3.8, 4) is 0 Å². The van der Waals surface area contributed by atoms with Crippen molar-refractivity contribution in [1.82, 2.24) is 0 Å². The van der Waals surface area contributed by atoms with Crippen molar-refractivity contribution in [3.05, 3.63) is 76.9 Å². The van der Waals surface area contributed by atoms with Gasteiger partial charge in [-0.3, -0.25) is 9.59 Å². The number of unbranched alkanes of at least 4 members (excludes halogenated alkanes) is 5. The zero-order chi connectivity index (χ0) is 23.2. The van der Waals surface area contributed by atoms with Crippen LogP contribution in [0.25, 0.3) is 6.08 Å². The summed E-state index contributed by atoms with van der Waals surface area (Å²) in [7, 11) is 0. The molecular formula is C28H36O4. The molecule has 4 nitrogen and oxygen atoms in total. The molecule has 0 aliphatic rings. The maximum Gasteiger partial charge on any atom is 0.305 e. The zero-order valence-electron chi connectivity index (χ0n) is 19.6. The minimum Gasteiger partial charge on any atom is -0.421 e. The predicted octanol–water partition coefficient (Wildman–Crippen LogP) is 6.67.